The Morgan fingerprint density at radius 1 is 0.486 bits per heavy atom. The number of esters is 2. The summed E-state index contributed by atoms with van der Waals surface area (Å²) >= 11 is 25.8. The number of aliphatic imine (C=N–C) groups is 1. The molecule has 3 radical (unpaired) electrons. The number of aliphatic carboxylic acids is 1. The summed E-state index contributed by atoms with van der Waals surface area (Å²) in [5.74, 6) is 5.41. The summed E-state index contributed by atoms with van der Waals surface area (Å²) in [5.41, 5.74) is 23.4. The van der Waals surface area contributed by atoms with Crippen LogP contribution in [0.25, 0.3) is 0 Å². The Balaban J connectivity index is -0.000000375. The molecule has 0 aliphatic heterocycles. The SMILES string of the molecule is C.C.C.C.CC(=O)O.COC(=O)c1cnc(Cl)o1.COC(=O)c1cnc(SCc2ccccc2C)o1.Cc1ccccc1CS.Cc1ccccc1CSc1ncc(C=Nc2ccc(Br)cc2)o1.Cc1ccccc1CSc1ncc(C=O)o1.Cc1ccccc1CSc1ncc(CNc2ccc(Br)cc2)o1.Cc1ccccc1CSc1ncc(CO)o1.Nc1ccc(Br)cc1.O=CO[O-].[B].[H-].[H-].[K+].[K+].[Na+].[O]=[Mn]=[O]. The maximum absolute atomic E-state index is 11.2. The van der Waals surface area contributed by atoms with Crippen LogP contribution in [-0.4, -0.2) is 99.6 Å². The Hall–Kier alpha value is -6.73. The zero-order chi connectivity index (χ0) is 97.8. The van der Waals surface area contributed by atoms with E-state index in [0.717, 1.165) is 77.7 Å². The van der Waals surface area contributed by atoms with Crippen molar-refractivity contribution in [2.45, 2.75) is 152 Å². The van der Waals surface area contributed by atoms with Crippen LogP contribution in [0.5, 0.6) is 0 Å². The van der Waals surface area contributed by atoms with E-state index in [0.29, 0.717) is 50.5 Å². The number of nitrogens with zero attached hydrogens (tertiary/aromatic N) is 7. The molecule has 0 spiro atoms. The van der Waals surface area contributed by atoms with Gasteiger partial charge in [-0.15, -0.1) is 0 Å². The molecule has 9 aromatic carbocycles. The summed E-state index contributed by atoms with van der Waals surface area (Å²) < 4.78 is 60.7. The molecule has 744 valence electrons. The van der Waals surface area contributed by atoms with Crippen molar-refractivity contribution in [1.82, 2.24) is 29.9 Å². The number of ether oxygens (including phenoxy) is 2. The van der Waals surface area contributed by atoms with Crippen LogP contribution in [-0.2, 0) is 94.1 Å². The van der Waals surface area contributed by atoms with Crippen LogP contribution in [0.1, 0.15) is 155 Å². The fraction of sp³-hybridized carbons (Fsp3) is 0.212. The molecule has 15 aromatic rings. The van der Waals surface area contributed by atoms with Crippen molar-refractivity contribution in [2.24, 2.45) is 4.99 Å². The van der Waals surface area contributed by atoms with Crippen molar-refractivity contribution < 1.29 is 238 Å². The summed E-state index contributed by atoms with van der Waals surface area (Å²) in [6.45, 7) is 14.0. The molecule has 5 N–H and O–H groups in total. The molecule has 28 nitrogen and oxygen atoms in total. The van der Waals surface area contributed by atoms with Gasteiger partial charge in [0.25, 0.3) is 43.9 Å². The van der Waals surface area contributed by atoms with E-state index in [-0.39, 0.29) is 209 Å². The Labute approximate surface area is 1000 Å². The van der Waals surface area contributed by atoms with E-state index < -0.39 is 32.7 Å². The second-order valence-electron chi connectivity index (χ2n) is 26.6. The topological polar surface area (TPSA) is 417 Å². The molecule has 6 heterocycles. The number of benzene rings is 9. The Bertz CT molecular complexity index is 6070. The second kappa shape index (κ2) is 84.2. The number of carbonyl (C=O) groups is 5. The minimum atomic E-state index is -1.44. The van der Waals surface area contributed by atoms with Crippen LogP contribution in [0.3, 0.4) is 0 Å². The minimum absolute atomic E-state index is 0. The molecule has 6 aromatic heterocycles. The van der Waals surface area contributed by atoms with Crippen molar-refractivity contribution in [3.05, 3.63) is 376 Å². The third kappa shape index (κ3) is 59.9. The monoisotopic (exact) mass is 2360 g/mol. The summed E-state index contributed by atoms with van der Waals surface area (Å²) in [5, 5.41) is 30.9. The maximum atomic E-state index is 11.2. The predicted octanol–water partition coefficient (Wildman–Crippen LogP) is 17.6. The fourth-order valence-corrected chi connectivity index (χ4v) is 15.6. The van der Waals surface area contributed by atoms with Gasteiger partial charge in [0.15, 0.2) is 23.6 Å². The number of thioether (sulfide) groups is 5. The Morgan fingerprint density at radius 2 is 0.782 bits per heavy atom. The second-order valence-corrected chi connectivity index (χ2v) is 34.8. The van der Waals surface area contributed by atoms with Gasteiger partial charge in [-0.1, -0.05) is 282 Å². The number of halogens is 4. The van der Waals surface area contributed by atoms with Gasteiger partial charge < -0.3 is 70.2 Å². The quantitative estimate of drug-likeness (QED) is 0.00387. The van der Waals surface area contributed by atoms with Crippen molar-refractivity contribution in [1.29, 1.82) is 0 Å². The van der Waals surface area contributed by atoms with Crippen LogP contribution in [0.4, 0.5) is 17.1 Å². The first kappa shape index (κ1) is 142. The Morgan fingerprint density at radius 3 is 1.09 bits per heavy atom. The van der Waals surface area contributed by atoms with E-state index in [2.05, 4.69) is 252 Å². The molecular formula is C99H112BBr3ClK2MnN9NaO19S6. The van der Waals surface area contributed by atoms with Crippen molar-refractivity contribution in [3.8, 4) is 0 Å². The predicted molar refractivity (Wildman–Crippen MR) is 564 cm³/mol. The first-order chi connectivity index (χ1) is 64.6. The van der Waals surface area contributed by atoms with Crippen LogP contribution in [0.15, 0.2) is 327 Å². The molecular weight excluding hydrogens is 2250 g/mol. The number of carboxylic acids is 1. The van der Waals surface area contributed by atoms with Gasteiger partial charge in [0.1, 0.15) is 12.4 Å². The van der Waals surface area contributed by atoms with Crippen LogP contribution in [0, 0.1) is 41.5 Å². The van der Waals surface area contributed by atoms with Gasteiger partial charge in [0.05, 0.1) is 69.8 Å². The molecule has 0 bridgehead atoms. The van der Waals surface area contributed by atoms with Crippen molar-refractivity contribution in [2.75, 3.05) is 25.3 Å². The zero-order valence-electron chi connectivity index (χ0n) is 79.1. The summed E-state index contributed by atoms with van der Waals surface area (Å²) in [6.07, 6.45) is 11.4. The number of hydrogen-bond donors (Lipinski definition) is 5. The average molecular weight is 2370 g/mol. The van der Waals surface area contributed by atoms with Gasteiger partial charge in [0, 0.05) is 74.6 Å². The van der Waals surface area contributed by atoms with E-state index in [4.69, 9.17) is 72.1 Å². The van der Waals surface area contributed by atoms with Gasteiger partial charge in [0.2, 0.25) is 11.5 Å². The van der Waals surface area contributed by atoms with Gasteiger partial charge in [-0.3, -0.25) is 19.4 Å². The summed E-state index contributed by atoms with van der Waals surface area (Å²) in [4.78, 5) is 81.0. The summed E-state index contributed by atoms with van der Waals surface area (Å²) in [6, 6.07) is 72.9. The molecule has 0 saturated heterocycles. The van der Waals surface area contributed by atoms with E-state index in [1.165, 1.54) is 135 Å². The fourth-order valence-electron chi connectivity index (χ4n) is 9.85. The Kier molecular flexibility index (Phi) is 83.9. The molecule has 15 rings (SSSR count). The number of hydrogen-bond acceptors (Lipinski definition) is 33. The number of anilines is 2. The van der Waals surface area contributed by atoms with Crippen molar-refractivity contribution in [3.63, 3.8) is 0 Å². The molecule has 0 fully saturated rings. The number of nitrogens with one attached hydrogen (secondary N) is 1. The zero-order valence-corrected chi connectivity index (χ0v) is 97.1. The van der Waals surface area contributed by atoms with E-state index in [9.17, 15) is 14.4 Å². The van der Waals surface area contributed by atoms with E-state index in [1.54, 1.807) is 48.3 Å². The average Bonchev–Trinajstić information content (AvgIpc) is 1.70. The first-order valence-corrected chi connectivity index (χ1v) is 48.7. The number of aldehydes is 1. The molecule has 0 amide bonds. The van der Waals surface area contributed by atoms with Gasteiger partial charge in [-0.25, -0.2) is 39.5 Å². The van der Waals surface area contributed by atoms with Crippen molar-refractivity contribution >= 4 is 193 Å². The molecule has 142 heavy (non-hydrogen) atoms. The number of nitrogens with two attached hydrogens (primary N) is 1. The van der Waals surface area contributed by atoms with Gasteiger partial charge >= 0.3 is 167 Å². The van der Waals surface area contributed by atoms with E-state index in [1.807, 2.05) is 127 Å². The number of aromatic nitrogens is 6. The van der Waals surface area contributed by atoms with Crippen LogP contribution >= 0.6 is 131 Å². The number of aryl methyl sites for hydroxylation is 6. The van der Waals surface area contributed by atoms with Gasteiger partial charge in [-0.05, 0) is 193 Å². The van der Waals surface area contributed by atoms with Gasteiger partial charge in [-0.2, -0.15) is 12.6 Å². The number of carbonyl (C=O) groups excluding carboxylic acids is 4. The number of aliphatic hydroxyl groups excluding tert-OH is 1. The van der Waals surface area contributed by atoms with Crippen LogP contribution in [0.2, 0.25) is 5.35 Å². The molecule has 0 unspecified atom stereocenters. The number of oxazole rings is 6. The third-order valence-electron chi connectivity index (χ3n) is 17.0. The van der Waals surface area contributed by atoms with Crippen LogP contribution < -0.4 is 149 Å². The van der Waals surface area contributed by atoms with E-state index >= 15 is 0 Å². The number of nitrogen functional groups attached to an aromatic ring is 1. The standard InChI is InChI=1S/C18H17BrN2OS.C18H15BrN2OS.C13H13NO3S.C12H13NO2S.C12H11NO2S.C8H10S.C6H6BrN.C5H4ClNO3.C2H4O2.CH2O3.4CH4.B.2K.Mn.Na.2O.2H/c2*1-13-4-2-3-5-14(13)12-23-18-21-11-17(22-18)10-20-16-8-6-15(19)7-9-16;1-9-5-3-4-6-10(9)8-18-13-14-7-11(17-13)12(15)16-2;2*1-9-4-2-3-5-10(9)8-16-12-13-6-11(7-14)15-12;1-7-4-2-3-5-8(7)6-9;7-5-1-3-6(8)4-2-5;1-9-4(8)3-2-7-5(6)10-3;1-2(3)4;2-1-4-3;;;;;;;;;;;;;/h2-9,11,20H,10,12H2,1H3;2-11H,12H2,1H3;3-7H,8H2,1-2H3;2-6,14H,7-8H2,1H3;2-7H,8H2,1H3;2-5,9H,6H2,1H3;1-4H,8H2;2H,1H3;1H3,(H,3,4);1,3H;4*1H4;;;;;;;;;/q;;;;;;;;;;;;;;;2*+1;;+1;;;2*-1/p-1. The third-order valence-corrected chi connectivity index (χ3v) is 23.5. The number of carboxylic acid groups (broad SMARTS) is 1. The number of methoxy groups -OCH3 is 2. The molecule has 0 aliphatic carbocycles. The molecule has 0 aliphatic rings. The number of aliphatic hydroxyl groups is 1. The first-order valence-electron chi connectivity index (χ1n) is 39.4. The summed E-state index contributed by atoms with van der Waals surface area (Å²) in [7, 11) is 2.56. The normalized spacial score (nSPS) is 9.41. The molecule has 0 saturated carbocycles. The molecule has 0 atom stereocenters. The number of rotatable bonds is 26. The molecule has 43 heteroatoms. The number of thiol groups is 1.